The van der Waals surface area contributed by atoms with E-state index in [-0.39, 0.29) is 35.1 Å². The topological polar surface area (TPSA) is 89.7 Å². The van der Waals surface area contributed by atoms with Gasteiger partial charge in [0.1, 0.15) is 0 Å². The predicted octanol–water partition coefficient (Wildman–Crippen LogP) is 2.32. The van der Waals surface area contributed by atoms with Crippen LogP contribution < -0.4 is 5.73 Å². The number of carbonyl (C=O) groups excluding carboxylic acids is 1. The zero-order valence-corrected chi connectivity index (χ0v) is 16.0. The first-order valence-corrected chi connectivity index (χ1v) is 9.84. The largest absolute Gasteiger partial charge is 0.465 e. The third kappa shape index (κ3) is 4.82. The van der Waals surface area contributed by atoms with Gasteiger partial charge in [-0.2, -0.15) is 4.31 Å². The molecule has 0 heterocycles. The van der Waals surface area contributed by atoms with Crippen LogP contribution in [0.5, 0.6) is 0 Å². The fourth-order valence-electron chi connectivity index (χ4n) is 2.53. The highest BCUT2D eigenvalue weighted by molar-refractivity contribution is 7.89. The van der Waals surface area contributed by atoms with E-state index in [2.05, 4.69) is 0 Å². The molecular weight excluding hydrogens is 376 g/mol. The molecule has 2 N–H and O–H groups in total. The molecule has 0 bridgehead atoms. The standard InChI is InChI=1S/C18H21ClN2O4S/c1-25-18(22)16-13-15(19)7-8-17(16)26(23,24)21(12-10-20)11-9-14-5-3-2-4-6-14/h2-8,13H,9-12,20H2,1H3. The van der Waals surface area contributed by atoms with Gasteiger partial charge in [0.25, 0.3) is 0 Å². The molecule has 26 heavy (non-hydrogen) atoms. The average molecular weight is 397 g/mol. The van der Waals surface area contributed by atoms with Crippen molar-refractivity contribution in [2.45, 2.75) is 11.3 Å². The van der Waals surface area contributed by atoms with Crippen molar-refractivity contribution < 1.29 is 17.9 Å². The van der Waals surface area contributed by atoms with E-state index in [1.54, 1.807) is 0 Å². The molecule has 0 amide bonds. The molecule has 0 saturated heterocycles. The van der Waals surface area contributed by atoms with Crippen LogP contribution in [0.1, 0.15) is 15.9 Å². The molecular formula is C18H21ClN2O4S. The predicted molar refractivity (Wildman–Crippen MR) is 101 cm³/mol. The van der Waals surface area contributed by atoms with Gasteiger partial charge in [-0.3, -0.25) is 0 Å². The van der Waals surface area contributed by atoms with Crippen molar-refractivity contribution in [3.8, 4) is 0 Å². The van der Waals surface area contributed by atoms with Crippen molar-refractivity contribution in [2.75, 3.05) is 26.7 Å². The van der Waals surface area contributed by atoms with E-state index in [0.717, 1.165) is 5.56 Å². The van der Waals surface area contributed by atoms with E-state index in [1.165, 1.54) is 29.6 Å². The minimum absolute atomic E-state index is 0.0956. The minimum atomic E-state index is -3.94. The highest BCUT2D eigenvalue weighted by Crippen LogP contribution is 2.24. The van der Waals surface area contributed by atoms with Gasteiger partial charge < -0.3 is 10.5 Å². The van der Waals surface area contributed by atoms with Crippen molar-refractivity contribution in [2.24, 2.45) is 5.73 Å². The highest BCUT2D eigenvalue weighted by Gasteiger charge is 2.29. The van der Waals surface area contributed by atoms with Crippen molar-refractivity contribution in [1.82, 2.24) is 4.31 Å². The van der Waals surface area contributed by atoms with Gasteiger partial charge >= 0.3 is 5.97 Å². The van der Waals surface area contributed by atoms with Gasteiger partial charge in [0.2, 0.25) is 10.0 Å². The molecule has 0 aliphatic rings. The van der Waals surface area contributed by atoms with Gasteiger partial charge in [-0.1, -0.05) is 41.9 Å². The SMILES string of the molecule is COC(=O)c1cc(Cl)ccc1S(=O)(=O)N(CCN)CCc1ccccc1. The number of halogens is 1. The van der Waals surface area contributed by atoms with Crippen LogP contribution in [0.4, 0.5) is 0 Å². The quantitative estimate of drug-likeness (QED) is 0.691. The van der Waals surface area contributed by atoms with Crippen LogP contribution in [0, 0.1) is 0 Å². The lowest BCUT2D eigenvalue weighted by molar-refractivity contribution is 0.0596. The van der Waals surface area contributed by atoms with Gasteiger partial charge in [0, 0.05) is 24.7 Å². The Hall–Kier alpha value is -1.93. The molecule has 0 fully saturated rings. The van der Waals surface area contributed by atoms with E-state index in [9.17, 15) is 13.2 Å². The molecule has 2 aromatic rings. The molecule has 140 valence electrons. The molecule has 0 aliphatic heterocycles. The monoisotopic (exact) mass is 396 g/mol. The summed E-state index contributed by atoms with van der Waals surface area (Å²) in [6.07, 6.45) is 0.529. The lowest BCUT2D eigenvalue weighted by Crippen LogP contribution is -2.37. The molecule has 0 saturated carbocycles. The Morgan fingerprint density at radius 1 is 1.15 bits per heavy atom. The second kappa shape index (κ2) is 9.14. The number of sulfonamides is 1. The third-order valence-corrected chi connectivity index (χ3v) is 6.03. The van der Waals surface area contributed by atoms with E-state index in [0.29, 0.717) is 6.42 Å². The summed E-state index contributed by atoms with van der Waals surface area (Å²) in [5.74, 6) is -0.762. The Labute approximate surface area is 158 Å². The van der Waals surface area contributed by atoms with Crippen LogP contribution in [0.3, 0.4) is 0 Å². The van der Waals surface area contributed by atoms with Gasteiger partial charge in [-0.25, -0.2) is 13.2 Å². The highest BCUT2D eigenvalue weighted by atomic mass is 35.5. The molecule has 2 aromatic carbocycles. The van der Waals surface area contributed by atoms with Crippen LogP contribution in [0.2, 0.25) is 5.02 Å². The molecule has 0 atom stereocenters. The minimum Gasteiger partial charge on any atom is -0.465 e. The number of hydrogen-bond donors (Lipinski definition) is 1. The summed E-state index contributed by atoms with van der Waals surface area (Å²) < 4.78 is 32.2. The van der Waals surface area contributed by atoms with Crippen LogP contribution in [-0.2, 0) is 21.2 Å². The first-order valence-electron chi connectivity index (χ1n) is 8.02. The van der Waals surface area contributed by atoms with Gasteiger partial charge in [0.15, 0.2) is 0 Å². The Bertz CT molecular complexity index is 857. The summed E-state index contributed by atoms with van der Waals surface area (Å²) in [6.45, 7) is 0.542. The molecule has 8 heteroatoms. The maximum absolute atomic E-state index is 13.1. The Morgan fingerprint density at radius 2 is 1.85 bits per heavy atom. The van der Waals surface area contributed by atoms with Crippen molar-refractivity contribution in [3.63, 3.8) is 0 Å². The van der Waals surface area contributed by atoms with Crippen LogP contribution in [0.25, 0.3) is 0 Å². The molecule has 2 rings (SSSR count). The molecule has 0 aliphatic carbocycles. The number of methoxy groups -OCH3 is 1. The van der Waals surface area contributed by atoms with Crippen molar-refractivity contribution in [3.05, 3.63) is 64.7 Å². The Kier molecular flexibility index (Phi) is 7.16. The number of hydrogen-bond acceptors (Lipinski definition) is 5. The summed E-state index contributed by atoms with van der Waals surface area (Å²) in [4.78, 5) is 11.9. The summed E-state index contributed by atoms with van der Waals surface area (Å²) in [5, 5.41) is 0.249. The molecule has 0 aromatic heterocycles. The van der Waals surface area contributed by atoms with Gasteiger partial charge in [-0.15, -0.1) is 0 Å². The number of benzene rings is 2. The first kappa shape index (κ1) is 20.4. The van der Waals surface area contributed by atoms with Crippen LogP contribution in [-0.4, -0.2) is 45.4 Å². The number of carbonyl (C=O) groups is 1. The number of rotatable bonds is 8. The number of ether oxygens (including phenoxy) is 1. The summed E-state index contributed by atoms with van der Waals surface area (Å²) in [7, 11) is -2.75. The molecule has 0 unspecified atom stereocenters. The maximum Gasteiger partial charge on any atom is 0.339 e. The Morgan fingerprint density at radius 3 is 2.46 bits per heavy atom. The molecule has 0 radical (unpaired) electrons. The maximum atomic E-state index is 13.1. The normalized spacial score (nSPS) is 11.5. The molecule has 0 spiro atoms. The average Bonchev–Trinajstić information content (AvgIpc) is 2.64. The Balaban J connectivity index is 2.36. The number of nitrogens with zero attached hydrogens (tertiary/aromatic N) is 1. The second-order valence-corrected chi connectivity index (χ2v) is 7.90. The fourth-order valence-corrected chi connectivity index (χ4v) is 4.32. The zero-order chi connectivity index (χ0) is 19.2. The summed E-state index contributed by atoms with van der Waals surface area (Å²) in [6, 6.07) is 13.6. The third-order valence-electron chi connectivity index (χ3n) is 3.84. The number of nitrogens with two attached hydrogens (primary N) is 1. The van der Waals surface area contributed by atoms with Gasteiger partial charge in [-0.05, 0) is 30.2 Å². The lowest BCUT2D eigenvalue weighted by atomic mass is 10.1. The van der Waals surface area contributed by atoms with Crippen LogP contribution in [0.15, 0.2) is 53.4 Å². The van der Waals surface area contributed by atoms with Gasteiger partial charge in [0.05, 0.1) is 17.6 Å². The summed E-state index contributed by atoms with van der Waals surface area (Å²) in [5.41, 5.74) is 6.52. The fraction of sp³-hybridized carbons (Fsp3) is 0.278. The van der Waals surface area contributed by atoms with E-state index in [4.69, 9.17) is 22.1 Å². The number of esters is 1. The van der Waals surface area contributed by atoms with Crippen LogP contribution >= 0.6 is 11.6 Å². The van der Waals surface area contributed by atoms with E-state index in [1.807, 2.05) is 30.3 Å². The summed E-state index contributed by atoms with van der Waals surface area (Å²) >= 11 is 5.91. The smallest absolute Gasteiger partial charge is 0.339 e. The van der Waals surface area contributed by atoms with Crippen molar-refractivity contribution >= 4 is 27.6 Å². The first-order chi connectivity index (χ1) is 12.4. The molecule has 6 nitrogen and oxygen atoms in total. The van der Waals surface area contributed by atoms with E-state index >= 15 is 0 Å². The van der Waals surface area contributed by atoms with E-state index < -0.39 is 16.0 Å². The second-order valence-electron chi connectivity index (χ2n) is 5.56. The lowest BCUT2D eigenvalue weighted by Gasteiger charge is -2.23. The zero-order valence-electron chi connectivity index (χ0n) is 14.4. The van der Waals surface area contributed by atoms with Crippen molar-refractivity contribution in [1.29, 1.82) is 0 Å².